The molecule has 0 amide bonds. The van der Waals surface area contributed by atoms with E-state index in [-0.39, 0.29) is 28.6 Å². The van der Waals surface area contributed by atoms with Crippen LogP contribution >= 0.6 is 23.2 Å². The van der Waals surface area contributed by atoms with Gasteiger partial charge in [-0.2, -0.15) is 0 Å². The Morgan fingerprint density at radius 1 is 1.05 bits per heavy atom. The van der Waals surface area contributed by atoms with Crippen LogP contribution in [0, 0.1) is 0 Å². The van der Waals surface area contributed by atoms with E-state index in [1.165, 1.54) is 6.20 Å². The second-order valence-corrected chi connectivity index (χ2v) is 4.65. The number of aromatic nitrogens is 1. The molecule has 19 heavy (non-hydrogen) atoms. The maximum Gasteiger partial charge on any atom is 0.172 e. The summed E-state index contributed by atoms with van der Waals surface area (Å²) >= 11 is 11.8. The first-order valence-corrected chi connectivity index (χ1v) is 6.25. The Bertz CT molecular complexity index is 627. The van der Waals surface area contributed by atoms with E-state index in [4.69, 9.17) is 23.2 Å². The Hall–Kier alpha value is -1.71. The Kier molecular flexibility index (Phi) is 4.30. The first kappa shape index (κ1) is 13.7. The second-order valence-electron chi connectivity index (χ2n) is 3.87. The van der Waals surface area contributed by atoms with Gasteiger partial charge in [0.15, 0.2) is 11.6 Å². The van der Waals surface area contributed by atoms with Crippen molar-refractivity contribution in [2.75, 3.05) is 0 Å². The SMILES string of the molecule is O=C(CC(=O)c1cccc(Cl)c1Cl)c1cccnc1. The molecule has 0 spiro atoms. The van der Waals surface area contributed by atoms with Gasteiger partial charge in [0.2, 0.25) is 0 Å². The summed E-state index contributed by atoms with van der Waals surface area (Å²) in [7, 11) is 0. The van der Waals surface area contributed by atoms with Gasteiger partial charge in [-0.25, -0.2) is 0 Å². The van der Waals surface area contributed by atoms with Crippen molar-refractivity contribution >= 4 is 34.8 Å². The number of nitrogens with zero attached hydrogens (tertiary/aromatic N) is 1. The molecule has 0 aliphatic carbocycles. The molecule has 0 bridgehead atoms. The lowest BCUT2D eigenvalue weighted by Crippen LogP contribution is -2.09. The largest absolute Gasteiger partial charge is 0.294 e. The molecular weight excluding hydrogens is 285 g/mol. The summed E-state index contributed by atoms with van der Waals surface area (Å²) in [6.07, 6.45) is 2.73. The lowest BCUT2D eigenvalue weighted by molar-refractivity contribution is 0.0894. The molecule has 1 aromatic heterocycles. The average Bonchev–Trinajstić information content (AvgIpc) is 2.42. The number of halogens is 2. The highest BCUT2D eigenvalue weighted by Gasteiger charge is 2.17. The fraction of sp³-hybridized carbons (Fsp3) is 0.0714. The van der Waals surface area contributed by atoms with Crippen molar-refractivity contribution in [3.05, 3.63) is 63.9 Å². The summed E-state index contributed by atoms with van der Waals surface area (Å²) < 4.78 is 0. The smallest absolute Gasteiger partial charge is 0.172 e. The number of carbonyl (C=O) groups excluding carboxylic acids is 2. The highest BCUT2D eigenvalue weighted by Crippen LogP contribution is 2.26. The van der Waals surface area contributed by atoms with Crippen LogP contribution in [-0.2, 0) is 0 Å². The van der Waals surface area contributed by atoms with Crippen molar-refractivity contribution in [2.24, 2.45) is 0 Å². The number of Topliss-reactive ketones (excluding diaryl/α,β-unsaturated/α-hetero) is 2. The van der Waals surface area contributed by atoms with Crippen molar-refractivity contribution in [3.8, 4) is 0 Å². The van der Waals surface area contributed by atoms with E-state index in [2.05, 4.69) is 4.98 Å². The standard InChI is InChI=1S/C14H9Cl2NO2/c15-11-5-1-4-10(14(11)16)13(19)7-12(18)9-3-2-6-17-8-9/h1-6,8H,7H2. The first-order chi connectivity index (χ1) is 9.09. The van der Waals surface area contributed by atoms with Crippen LogP contribution in [0.2, 0.25) is 10.0 Å². The lowest BCUT2D eigenvalue weighted by Gasteiger charge is -2.04. The molecule has 0 aliphatic rings. The molecule has 0 fully saturated rings. The Labute approximate surface area is 120 Å². The summed E-state index contributed by atoms with van der Waals surface area (Å²) in [4.78, 5) is 27.7. The van der Waals surface area contributed by atoms with Crippen LogP contribution in [0.5, 0.6) is 0 Å². The van der Waals surface area contributed by atoms with Crippen molar-refractivity contribution in [2.45, 2.75) is 6.42 Å². The topological polar surface area (TPSA) is 47.0 Å². The molecule has 0 radical (unpaired) electrons. The van der Waals surface area contributed by atoms with Gasteiger partial charge >= 0.3 is 0 Å². The van der Waals surface area contributed by atoms with Crippen LogP contribution in [0.1, 0.15) is 27.1 Å². The number of ketones is 2. The van der Waals surface area contributed by atoms with Gasteiger partial charge in [-0.1, -0.05) is 29.3 Å². The van der Waals surface area contributed by atoms with Crippen LogP contribution in [0.3, 0.4) is 0 Å². The normalized spacial score (nSPS) is 10.2. The molecule has 0 N–H and O–H groups in total. The predicted octanol–water partition coefficient (Wildman–Crippen LogP) is 3.84. The number of pyridine rings is 1. The van der Waals surface area contributed by atoms with Crippen LogP contribution < -0.4 is 0 Å². The summed E-state index contributed by atoms with van der Waals surface area (Å²) in [6.45, 7) is 0. The van der Waals surface area contributed by atoms with Gasteiger partial charge in [0.05, 0.1) is 16.5 Å². The van der Waals surface area contributed by atoms with Crippen molar-refractivity contribution in [1.82, 2.24) is 4.98 Å². The minimum absolute atomic E-state index is 0.174. The minimum atomic E-state index is -0.360. The molecular formula is C14H9Cl2NO2. The zero-order valence-corrected chi connectivity index (χ0v) is 11.3. The van der Waals surface area contributed by atoms with Gasteiger partial charge < -0.3 is 0 Å². The molecule has 2 rings (SSSR count). The van der Waals surface area contributed by atoms with E-state index in [1.807, 2.05) is 0 Å². The quantitative estimate of drug-likeness (QED) is 0.635. The maximum atomic E-state index is 12.0. The third-order valence-corrected chi connectivity index (χ3v) is 3.38. The van der Waals surface area contributed by atoms with Gasteiger partial charge in [-0.3, -0.25) is 14.6 Å². The number of hydrogen-bond donors (Lipinski definition) is 0. The highest BCUT2D eigenvalue weighted by atomic mass is 35.5. The van der Waals surface area contributed by atoms with E-state index in [1.54, 1.807) is 36.5 Å². The van der Waals surface area contributed by atoms with Crippen LogP contribution in [0.25, 0.3) is 0 Å². The van der Waals surface area contributed by atoms with Crippen LogP contribution in [-0.4, -0.2) is 16.6 Å². The predicted molar refractivity (Wildman–Crippen MR) is 74.0 cm³/mol. The summed E-state index contributed by atoms with van der Waals surface area (Å²) in [5, 5.41) is 0.467. The number of rotatable bonds is 4. The summed E-state index contributed by atoms with van der Waals surface area (Å²) in [6, 6.07) is 8.01. The molecule has 0 saturated carbocycles. The zero-order valence-electron chi connectivity index (χ0n) is 9.77. The first-order valence-electron chi connectivity index (χ1n) is 5.50. The van der Waals surface area contributed by atoms with Crippen LogP contribution in [0.15, 0.2) is 42.7 Å². The molecule has 0 aliphatic heterocycles. The minimum Gasteiger partial charge on any atom is -0.294 e. The fourth-order valence-corrected chi connectivity index (χ4v) is 2.00. The van der Waals surface area contributed by atoms with Gasteiger partial charge in [0.1, 0.15) is 0 Å². The molecule has 5 heteroatoms. The van der Waals surface area contributed by atoms with Gasteiger partial charge in [0.25, 0.3) is 0 Å². The summed E-state index contributed by atoms with van der Waals surface area (Å²) in [5.74, 6) is -0.657. The monoisotopic (exact) mass is 293 g/mol. The molecule has 3 nitrogen and oxygen atoms in total. The van der Waals surface area contributed by atoms with E-state index >= 15 is 0 Å². The fourth-order valence-electron chi connectivity index (χ4n) is 1.59. The average molecular weight is 294 g/mol. The Balaban J connectivity index is 2.18. The van der Waals surface area contributed by atoms with E-state index in [0.717, 1.165) is 0 Å². The summed E-state index contributed by atoms with van der Waals surface area (Å²) in [5.41, 5.74) is 0.653. The molecule has 2 aromatic rings. The Morgan fingerprint density at radius 3 is 2.53 bits per heavy atom. The number of carbonyl (C=O) groups is 2. The maximum absolute atomic E-state index is 12.0. The van der Waals surface area contributed by atoms with Gasteiger partial charge in [0, 0.05) is 23.5 Å². The lowest BCUT2D eigenvalue weighted by atomic mass is 10.0. The third-order valence-electron chi connectivity index (χ3n) is 2.56. The molecule has 0 saturated heterocycles. The van der Waals surface area contributed by atoms with Crippen molar-refractivity contribution < 1.29 is 9.59 Å². The number of benzene rings is 1. The van der Waals surface area contributed by atoms with Crippen molar-refractivity contribution in [3.63, 3.8) is 0 Å². The molecule has 0 unspecified atom stereocenters. The second kappa shape index (κ2) is 5.95. The molecule has 1 aromatic carbocycles. The molecule has 1 heterocycles. The van der Waals surface area contributed by atoms with Gasteiger partial charge in [-0.15, -0.1) is 0 Å². The Morgan fingerprint density at radius 2 is 1.84 bits per heavy atom. The van der Waals surface area contributed by atoms with Gasteiger partial charge in [-0.05, 0) is 24.3 Å². The van der Waals surface area contributed by atoms with E-state index in [9.17, 15) is 9.59 Å². The zero-order chi connectivity index (χ0) is 13.8. The molecule has 0 atom stereocenters. The number of hydrogen-bond acceptors (Lipinski definition) is 3. The third kappa shape index (κ3) is 3.19. The molecule has 96 valence electrons. The van der Waals surface area contributed by atoms with E-state index in [0.29, 0.717) is 10.6 Å². The van der Waals surface area contributed by atoms with Crippen molar-refractivity contribution in [1.29, 1.82) is 0 Å². The van der Waals surface area contributed by atoms with E-state index < -0.39 is 0 Å². The highest BCUT2D eigenvalue weighted by molar-refractivity contribution is 6.44. The van der Waals surface area contributed by atoms with Crippen LogP contribution in [0.4, 0.5) is 0 Å².